The highest BCUT2D eigenvalue weighted by Crippen LogP contribution is 2.05. The van der Waals surface area contributed by atoms with Crippen LogP contribution in [0.3, 0.4) is 0 Å². The number of hydrogen-bond donors (Lipinski definition) is 2. The van der Waals surface area contributed by atoms with E-state index in [-0.39, 0.29) is 30.7 Å². The molecule has 18 heavy (non-hydrogen) atoms. The van der Waals surface area contributed by atoms with Gasteiger partial charge in [-0.05, 0) is 45.3 Å². The Hall–Kier alpha value is -0.970. The van der Waals surface area contributed by atoms with Crippen molar-refractivity contribution in [1.82, 2.24) is 10.2 Å². The molecule has 0 saturated heterocycles. The Morgan fingerprint density at radius 3 is 2.22 bits per heavy atom. The second-order valence-corrected chi connectivity index (χ2v) is 4.14. The SMILES string of the molecule is CC(CNC(=O)c1ccc(N)cc1)N(C)C.Cl.Cl. The van der Waals surface area contributed by atoms with Crippen molar-refractivity contribution < 1.29 is 4.79 Å². The molecule has 0 bridgehead atoms. The van der Waals surface area contributed by atoms with Gasteiger partial charge >= 0.3 is 0 Å². The topological polar surface area (TPSA) is 58.4 Å². The number of nitrogens with one attached hydrogen (secondary N) is 1. The summed E-state index contributed by atoms with van der Waals surface area (Å²) in [5.74, 6) is -0.0614. The maximum Gasteiger partial charge on any atom is 0.251 e. The van der Waals surface area contributed by atoms with E-state index in [1.807, 2.05) is 14.1 Å². The van der Waals surface area contributed by atoms with Crippen molar-refractivity contribution in [1.29, 1.82) is 0 Å². The molecule has 0 saturated carbocycles. The summed E-state index contributed by atoms with van der Waals surface area (Å²) >= 11 is 0. The zero-order valence-electron chi connectivity index (χ0n) is 10.8. The number of amides is 1. The summed E-state index contributed by atoms with van der Waals surface area (Å²) in [5, 5.41) is 2.88. The second-order valence-electron chi connectivity index (χ2n) is 4.14. The molecular formula is C12H21Cl2N3O. The van der Waals surface area contributed by atoms with E-state index < -0.39 is 0 Å². The van der Waals surface area contributed by atoms with E-state index in [1.165, 1.54) is 0 Å². The molecule has 0 fully saturated rings. The number of halogens is 2. The monoisotopic (exact) mass is 293 g/mol. The summed E-state index contributed by atoms with van der Waals surface area (Å²) in [7, 11) is 3.97. The van der Waals surface area contributed by atoms with Crippen molar-refractivity contribution >= 4 is 36.4 Å². The van der Waals surface area contributed by atoms with Gasteiger partial charge in [-0.1, -0.05) is 0 Å². The molecule has 4 nitrogen and oxygen atoms in total. The third kappa shape index (κ3) is 6.10. The lowest BCUT2D eigenvalue weighted by atomic mass is 10.2. The third-order valence-corrected chi connectivity index (χ3v) is 2.61. The molecule has 0 aromatic heterocycles. The van der Waals surface area contributed by atoms with Gasteiger partial charge in [0.2, 0.25) is 0 Å². The van der Waals surface area contributed by atoms with E-state index >= 15 is 0 Å². The smallest absolute Gasteiger partial charge is 0.251 e. The fraction of sp³-hybridized carbons (Fsp3) is 0.417. The zero-order chi connectivity index (χ0) is 12.1. The van der Waals surface area contributed by atoms with E-state index in [4.69, 9.17) is 5.73 Å². The van der Waals surface area contributed by atoms with E-state index in [9.17, 15) is 4.79 Å². The maximum absolute atomic E-state index is 11.7. The van der Waals surface area contributed by atoms with Crippen molar-refractivity contribution in [2.45, 2.75) is 13.0 Å². The molecule has 1 unspecified atom stereocenters. The van der Waals surface area contributed by atoms with Crippen LogP contribution < -0.4 is 11.1 Å². The molecule has 104 valence electrons. The van der Waals surface area contributed by atoms with Crippen LogP contribution in [0.1, 0.15) is 17.3 Å². The fourth-order valence-corrected chi connectivity index (χ4v) is 1.16. The van der Waals surface area contributed by atoms with Gasteiger partial charge in [-0.3, -0.25) is 4.79 Å². The van der Waals surface area contributed by atoms with Crippen LogP contribution in [-0.4, -0.2) is 37.5 Å². The van der Waals surface area contributed by atoms with Gasteiger partial charge in [0.25, 0.3) is 5.91 Å². The lowest BCUT2D eigenvalue weighted by molar-refractivity contribution is 0.0943. The first kappa shape index (κ1) is 19.4. The molecule has 0 heterocycles. The summed E-state index contributed by atoms with van der Waals surface area (Å²) in [6, 6.07) is 7.22. The number of nitrogens with two attached hydrogens (primary N) is 1. The standard InChI is InChI=1S/C12H19N3O.2ClH/c1-9(15(2)3)8-14-12(16)10-4-6-11(13)7-5-10;;/h4-7,9H,8,13H2,1-3H3,(H,14,16);2*1H. The molecule has 0 spiro atoms. The number of nitrogens with zero attached hydrogens (tertiary/aromatic N) is 1. The van der Waals surface area contributed by atoms with Crippen LogP contribution in [0.5, 0.6) is 0 Å². The average molecular weight is 294 g/mol. The molecule has 3 N–H and O–H groups in total. The van der Waals surface area contributed by atoms with Crippen LogP contribution >= 0.6 is 24.8 Å². The van der Waals surface area contributed by atoms with E-state index in [1.54, 1.807) is 24.3 Å². The Balaban J connectivity index is 0. The molecular weight excluding hydrogens is 273 g/mol. The predicted molar refractivity (Wildman–Crippen MR) is 80.8 cm³/mol. The Morgan fingerprint density at radius 2 is 1.78 bits per heavy atom. The van der Waals surface area contributed by atoms with Crippen LogP contribution in [0, 0.1) is 0 Å². The Morgan fingerprint density at radius 1 is 1.28 bits per heavy atom. The quantitative estimate of drug-likeness (QED) is 0.832. The summed E-state index contributed by atoms with van der Waals surface area (Å²) < 4.78 is 0. The molecule has 1 aromatic rings. The van der Waals surface area contributed by atoms with E-state index in [0.717, 1.165) is 0 Å². The summed E-state index contributed by atoms with van der Waals surface area (Å²) in [6.45, 7) is 2.69. The van der Waals surface area contributed by atoms with E-state index in [0.29, 0.717) is 23.8 Å². The number of benzene rings is 1. The van der Waals surface area contributed by atoms with Crippen molar-refractivity contribution in [3.05, 3.63) is 29.8 Å². The summed E-state index contributed by atoms with van der Waals surface area (Å²) in [4.78, 5) is 13.8. The highest BCUT2D eigenvalue weighted by molar-refractivity contribution is 5.94. The number of nitrogen functional groups attached to an aromatic ring is 1. The number of carbonyl (C=O) groups is 1. The average Bonchev–Trinajstić information content (AvgIpc) is 2.26. The van der Waals surface area contributed by atoms with Gasteiger partial charge in [0, 0.05) is 23.8 Å². The van der Waals surface area contributed by atoms with Crippen molar-refractivity contribution in [3.8, 4) is 0 Å². The largest absolute Gasteiger partial charge is 0.399 e. The van der Waals surface area contributed by atoms with Gasteiger partial charge in [0.05, 0.1) is 0 Å². The number of hydrogen-bond acceptors (Lipinski definition) is 3. The lowest BCUT2D eigenvalue weighted by Crippen LogP contribution is -2.38. The minimum Gasteiger partial charge on any atom is -0.399 e. The Bertz CT molecular complexity index is 355. The van der Waals surface area contributed by atoms with Crippen LogP contribution in [0.2, 0.25) is 0 Å². The minimum absolute atomic E-state index is 0. The lowest BCUT2D eigenvalue weighted by Gasteiger charge is -2.19. The van der Waals surface area contributed by atoms with Gasteiger partial charge in [-0.15, -0.1) is 24.8 Å². The predicted octanol–water partition coefficient (Wildman–Crippen LogP) is 1.79. The molecule has 1 rings (SSSR count). The van der Waals surface area contributed by atoms with Gasteiger partial charge in [-0.25, -0.2) is 0 Å². The van der Waals surface area contributed by atoms with Gasteiger partial charge in [0.1, 0.15) is 0 Å². The highest BCUT2D eigenvalue weighted by atomic mass is 35.5. The second kappa shape index (κ2) is 9.03. The zero-order valence-corrected chi connectivity index (χ0v) is 12.5. The minimum atomic E-state index is -0.0614. The first-order chi connectivity index (χ1) is 7.50. The fourth-order valence-electron chi connectivity index (χ4n) is 1.16. The molecule has 0 radical (unpaired) electrons. The molecule has 1 amide bonds. The van der Waals surface area contributed by atoms with Gasteiger partial charge in [0.15, 0.2) is 0 Å². The van der Waals surface area contributed by atoms with Crippen LogP contribution in [0.15, 0.2) is 24.3 Å². The van der Waals surface area contributed by atoms with Crippen molar-refractivity contribution in [3.63, 3.8) is 0 Å². The molecule has 1 aromatic carbocycles. The van der Waals surface area contributed by atoms with Gasteiger partial charge < -0.3 is 16.0 Å². The first-order valence-electron chi connectivity index (χ1n) is 5.31. The highest BCUT2D eigenvalue weighted by Gasteiger charge is 2.08. The third-order valence-electron chi connectivity index (χ3n) is 2.61. The number of rotatable bonds is 4. The van der Waals surface area contributed by atoms with E-state index in [2.05, 4.69) is 17.1 Å². The number of likely N-dealkylation sites (N-methyl/N-ethyl adjacent to an activating group) is 1. The Labute approximate surface area is 121 Å². The molecule has 0 aliphatic rings. The Kier molecular flexibility index (Phi) is 9.71. The van der Waals surface area contributed by atoms with Crippen molar-refractivity contribution in [2.75, 3.05) is 26.4 Å². The summed E-state index contributed by atoms with van der Waals surface area (Å²) in [6.07, 6.45) is 0. The molecule has 0 aliphatic heterocycles. The maximum atomic E-state index is 11.7. The molecule has 1 atom stereocenters. The molecule has 6 heteroatoms. The number of carbonyl (C=O) groups excluding carboxylic acids is 1. The van der Waals surface area contributed by atoms with Crippen LogP contribution in [0.4, 0.5) is 5.69 Å². The van der Waals surface area contributed by atoms with Crippen LogP contribution in [0.25, 0.3) is 0 Å². The normalized spacial score (nSPS) is 11.1. The van der Waals surface area contributed by atoms with Crippen molar-refractivity contribution in [2.24, 2.45) is 0 Å². The first-order valence-corrected chi connectivity index (χ1v) is 5.31. The molecule has 0 aliphatic carbocycles. The summed E-state index contributed by atoms with van der Waals surface area (Å²) in [5.41, 5.74) is 6.85. The number of anilines is 1. The van der Waals surface area contributed by atoms with Crippen LogP contribution in [-0.2, 0) is 0 Å². The van der Waals surface area contributed by atoms with Gasteiger partial charge in [-0.2, -0.15) is 0 Å².